The van der Waals surface area contributed by atoms with E-state index in [1.807, 2.05) is 101 Å². The minimum absolute atomic E-state index is 0. The normalized spacial score (nSPS) is 13.8. The number of carbonyl (C=O) groups is 3. The third kappa shape index (κ3) is 14.4. The van der Waals surface area contributed by atoms with Crippen LogP contribution in [0.25, 0.3) is 0 Å². The SMILES string of the molecule is CC1(C)ON=C(c2ccccc2)N1N.COc1cccc(C(=O)Cl)c1C.COc1cccc(C(=O)NN2C(c3ccccc3)=NOC2(C)C)c1C.O=CO[O-].[H-].[K+].[K+]. The van der Waals surface area contributed by atoms with Crippen LogP contribution in [-0.2, 0) is 19.4 Å². The molecule has 294 valence electrons. The summed E-state index contributed by atoms with van der Waals surface area (Å²) in [4.78, 5) is 45.6. The summed E-state index contributed by atoms with van der Waals surface area (Å²) in [6.07, 6.45) is 0. The van der Waals surface area contributed by atoms with E-state index in [2.05, 4.69) is 20.6 Å². The van der Waals surface area contributed by atoms with Gasteiger partial charge in [-0.1, -0.05) is 83.1 Å². The largest absolute Gasteiger partial charge is 1.00 e. The number of halogens is 1. The molecule has 0 spiro atoms. The number of nitrogens with zero attached hydrogens (tertiary/aromatic N) is 4. The van der Waals surface area contributed by atoms with Gasteiger partial charge in [0.2, 0.25) is 11.4 Å². The number of nitrogens with one attached hydrogen (secondary N) is 1. The number of nitrogens with two attached hydrogens (primary N) is 1. The molecule has 0 radical (unpaired) electrons. The number of methoxy groups -OCH3 is 2. The maximum atomic E-state index is 12.8. The zero-order valence-corrected chi connectivity index (χ0v) is 40.7. The van der Waals surface area contributed by atoms with E-state index in [9.17, 15) is 9.59 Å². The topological polar surface area (TPSA) is 190 Å². The molecule has 0 aromatic heterocycles. The molecule has 0 saturated carbocycles. The van der Waals surface area contributed by atoms with Crippen molar-refractivity contribution in [3.8, 4) is 11.5 Å². The Labute approximate surface area is 424 Å². The number of rotatable bonds is 8. The Morgan fingerprint density at radius 2 is 1.18 bits per heavy atom. The standard InChI is InChI=1S/C19H21N3O3.C10H13N3O.C9H9ClO2.CH2O3.2K.H/c1-13-15(11-8-12-16(13)24-4)18(23)20-22-17(21-25-19(22,2)3)14-9-6-5-7-10-14;1-10(2)13(11)9(12-14-10)8-6-4-3-5-7-8;1-6-7(9(10)11)4-3-5-8(6)12-2;2-1-4-3;;;/h5-12H,1-4H3,(H,20,23);3-7H,11H2,1-2H3;3-5H,1-2H3;1,3H;;;/q;;;;2*+1;-1/p-1. The first-order valence-corrected chi connectivity index (χ1v) is 17.0. The summed E-state index contributed by atoms with van der Waals surface area (Å²) in [6.45, 7) is 10.9. The van der Waals surface area contributed by atoms with Crippen molar-refractivity contribution in [2.45, 2.75) is 53.0 Å². The summed E-state index contributed by atoms with van der Waals surface area (Å²) >= 11 is 5.34. The van der Waals surface area contributed by atoms with Crippen molar-refractivity contribution in [1.29, 1.82) is 0 Å². The number of hydrazine groups is 2. The minimum Gasteiger partial charge on any atom is -1.00 e. The van der Waals surface area contributed by atoms with Crippen LogP contribution in [0.15, 0.2) is 107 Å². The number of hydrogen-bond donors (Lipinski definition) is 2. The van der Waals surface area contributed by atoms with Crippen LogP contribution in [0.1, 0.15) is 72.1 Å². The van der Waals surface area contributed by atoms with E-state index in [-0.39, 0.29) is 117 Å². The van der Waals surface area contributed by atoms with Gasteiger partial charge < -0.3 is 30.7 Å². The zero-order valence-electron chi connectivity index (χ0n) is 34.7. The molecule has 1 amide bonds. The molecular weight excluding hydrogens is 810 g/mol. The number of carbonyl (C=O) groups excluding carboxylic acids is 3. The maximum absolute atomic E-state index is 12.8. The van der Waals surface area contributed by atoms with Gasteiger partial charge in [-0.2, -0.15) is 0 Å². The van der Waals surface area contributed by atoms with Gasteiger partial charge in [0.15, 0.2) is 11.7 Å². The van der Waals surface area contributed by atoms with Crippen LogP contribution in [-0.4, -0.2) is 65.0 Å². The number of hydrogen-bond acceptors (Lipinski definition) is 14. The molecule has 57 heavy (non-hydrogen) atoms. The minimum atomic E-state index is -0.798. The van der Waals surface area contributed by atoms with Crippen molar-refractivity contribution in [3.05, 3.63) is 130 Å². The first-order chi connectivity index (χ1) is 26.1. The second-order valence-corrected chi connectivity index (χ2v) is 12.9. The third-order valence-corrected chi connectivity index (χ3v) is 8.25. The molecule has 0 saturated heterocycles. The molecule has 2 aliphatic heterocycles. The van der Waals surface area contributed by atoms with Gasteiger partial charge in [-0.25, -0.2) is 15.9 Å². The fraction of sp³-hybridized carbons (Fsp3) is 0.256. The first-order valence-electron chi connectivity index (χ1n) is 16.6. The molecule has 0 unspecified atom stereocenters. The van der Waals surface area contributed by atoms with E-state index < -0.39 is 16.7 Å². The molecular formula is C39H45ClK2N6O9. The van der Waals surface area contributed by atoms with Gasteiger partial charge in [0.05, 0.1) is 14.2 Å². The van der Waals surface area contributed by atoms with Crippen molar-refractivity contribution in [1.82, 2.24) is 15.4 Å². The van der Waals surface area contributed by atoms with Crippen molar-refractivity contribution in [2.75, 3.05) is 14.2 Å². The van der Waals surface area contributed by atoms with Gasteiger partial charge in [0.1, 0.15) is 11.5 Å². The molecule has 6 rings (SSSR count). The van der Waals surface area contributed by atoms with Crippen LogP contribution in [0.3, 0.4) is 0 Å². The molecule has 2 aliphatic rings. The molecule has 3 N–H and O–H groups in total. The summed E-state index contributed by atoms with van der Waals surface area (Å²) in [5.41, 5.74) is 5.95. The molecule has 4 aromatic rings. The summed E-state index contributed by atoms with van der Waals surface area (Å²) in [5.74, 6) is 8.18. The third-order valence-electron chi connectivity index (χ3n) is 8.05. The summed E-state index contributed by atoms with van der Waals surface area (Å²) in [6, 6.07) is 29.9. The first kappa shape index (κ1) is 52.1. The Hall–Kier alpha value is -2.89. The quantitative estimate of drug-likeness (QED) is 0.0568. The van der Waals surface area contributed by atoms with Gasteiger partial charge in [0, 0.05) is 33.4 Å². The second-order valence-electron chi connectivity index (χ2n) is 12.5. The van der Waals surface area contributed by atoms with Crippen molar-refractivity contribution in [3.63, 3.8) is 0 Å². The predicted molar refractivity (Wildman–Crippen MR) is 206 cm³/mol. The molecule has 0 aliphatic carbocycles. The van der Waals surface area contributed by atoms with Gasteiger partial charge in [-0.15, -0.1) is 0 Å². The number of oxime groups is 2. The Morgan fingerprint density at radius 1 is 0.754 bits per heavy atom. The van der Waals surface area contributed by atoms with E-state index >= 15 is 0 Å². The van der Waals surface area contributed by atoms with Crippen molar-refractivity contribution in [2.24, 2.45) is 16.2 Å². The molecule has 4 aromatic carbocycles. The Kier molecular flexibility index (Phi) is 22.8. The Bertz CT molecular complexity index is 2000. The monoisotopic (exact) mass is 854 g/mol. The van der Waals surface area contributed by atoms with E-state index in [0.29, 0.717) is 34.3 Å². The second kappa shape index (κ2) is 24.9. The van der Waals surface area contributed by atoms with Crippen molar-refractivity contribution >= 4 is 40.9 Å². The predicted octanol–water partition coefficient (Wildman–Crippen LogP) is -0.693. The van der Waals surface area contributed by atoms with Gasteiger partial charge in [-0.3, -0.25) is 19.8 Å². The van der Waals surface area contributed by atoms with Crippen LogP contribution in [0, 0.1) is 13.8 Å². The van der Waals surface area contributed by atoms with Crippen molar-refractivity contribution < 1.29 is 148 Å². The summed E-state index contributed by atoms with van der Waals surface area (Å²) in [7, 11) is 3.15. The summed E-state index contributed by atoms with van der Waals surface area (Å²) < 4.78 is 10.3. The van der Waals surface area contributed by atoms with E-state index in [1.54, 1.807) is 56.5 Å². The smallest absolute Gasteiger partial charge is 1.00 e. The van der Waals surface area contributed by atoms with Crippen LogP contribution in [0.4, 0.5) is 0 Å². The van der Waals surface area contributed by atoms with E-state index in [4.69, 9.17) is 46.6 Å². The van der Waals surface area contributed by atoms with Crippen LogP contribution in [0.2, 0.25) is 0 Å². The number of amidine groups is 2. The molecule has 0 fully saturated rings. The van der Waals surface area contributed by atoms with Crippen LogP contribution < -0.4 is 129 Å². The summed E-state index contributed by atoms with van der Waals surface area (Å²) in [5, 5.41) is 19.3. The van der Waals surface area contributed by atoms with Gasteiger partial charge in [0.25, 0.3) is 17.6 Å². The number of ether oxygens (including phenoxy) is 2. The molecule has 18 heteroatoms. The molecule has 0 bridgehead atoms. The van der Waals surface area contributed by atoms with Gasteiger partial charge >= 0.3 is 103 Å². The van der Waals surface area contributed by atoms with Gasteiger partial charge in [-0.05, 0) is 77.4 Å². The molecule has 2 heterocycles. The Balaban J connectivity index is 0.000000841. The number of amides is 1. The maximum Gasteiger partial charge on any atom is 1.00 e. The average Bonchev–Trinajstić information content (AvgIpc) is 3.64. The number of benzene rings is 4. The van der Waals surface area contributed by atoms with Crippen LogP contribution in [0.5, 0.6) is 11.5 Å². The fourth-order valence-corrected chi connectivity index (χ4v) is 5.22. The van der Waals surface area contributed by atoms with E-state index in [1.165, 1.54) is 5.01 Å². The van der Waals surface area contributed by atoms with Crippen LogP contribution >= 0.6 is 11.6 Å². The average molecular weight is 855 g/mol. The molecule has 15 nitrogen and oxygen atoms in total. The Morgan fingerprint density at radius 3 is 1.60 bits per heavy atom. The fourth-order valence-electron chi connectivity index (χ4n) is 5.02. The zero-order chi connectivity index (χ0) is 40.8. The molecule has 0 atom stereocenters. The van der Waals surface area contributed by atoms with E-state index in [0.717, 1.165) is 22.3 Å².